The lowest BCUT2D eigenvalue weighted by Crippen LogP contribution is -2.27. The van der Waals surface area contributed by atoms with Crippen LogP contribution in [0, 0.1) is 5.41 Å². The van der Waals surface area contributed by atoms with E-state index in [4.69, 9.17) is 24.6 Å². The van der Waals surface area contributed by atoms with Gasteiger partial charge in [0.1, 0.15) is 23.7 Å². The molecular weight excluding hydrogens is 462 g/mol. The van der Waals surface area contributed by atoms with Gasteiger partial charge in [-0.15, -0.1) is 11.3 Å². The van der Waals surface area contributed by atoms with Gasteiger partial charge in [-0.3, -0.25) is 5.41 Å². The largest absolute Gasteiger partial charge is 0.493 e. The minimum Gasteiger partial charge on any atom is -0.493 e. The van der Waals surface area contributed by atoms with Crippen molar-refractivity contribution in [3.05, 3.63) is 58.2 Å². The van der Waals surface area contributed by atoms with E-state index in [9.17, 15) is 0 Å². The summed E-state index contributed by atoms with van der Waals surface area (Å²) in [4.78, 5) is 12.5. The van der Waals surface area contributed by atoms with Crippen molar-refractivity contribution in [3.8, 4) is 17.2 Å². The van der Waals surface area contributed by atoms with Crippen LogP contribution in [-0.4, -0.2) is 39.3 Å². The molecule has 0 bridgehead atoms. The number of rotatable bonds is 9. The number of imidazole rings is 1. The van der Waals surface area contributed by atoms with Crippen LogP contribution < -0.4 is 19.7 Å². The first kappa shape index (κ1) is 23.4. The molecule has 1 aliphatic rings. The first-order valence-corrected chi connectivity index (χ1v) is 12.9. The molecule has 0 aliphatic heterocycles. The lowest BCUT2D eigenvalue weighted by Gasteiger charge is -2.21. The van der Waals surface area contributed by atoms with Gasteiger partial charge >= 0.3 is 0 Å². The quantitative estimate of drug-likeness (QED) is 0.341. The molecule has 0 unspecified atom stereocenters. The Hall–Kier alpha value is -3.33. The van der Waals surface area contributed by atoms with Crippen LogP contribution in [0.4, 0.5) is 0 Å². The number of benzene rings is 1. The summed E-state index contributed by atoms with van der Waals surface area (Å²) in [7, 11) is 1.67. The molecule has 0 saturated heterocycles. The number of aromatic nitrogens is 4. The molecule has 0 radical (unpaired) electrons. The van der Waals surface area contributed by atoms with E-state index in [1.54, 1.807) is 24.8 Å². The molecule has 3 aromatic heterocycles. The molecule has 0 spiro atoms. The lowest BCUT2D eigenvalue weighted by molar-refractivity contribution is 0.200. The van der Waals surface area contributed by atoms with Crippen LogP contribution in [-0.2, 0) is 12.0 Å². The van der Waals surface area contributed by atoms with Gasteiger partial charge in [-0.05, 0) is 68.7 Å². The molecule has 35 heavy (non-hydrogen) atoms. The highest BCUT2D eigenvalue weighted by atomic mass is 32.1. The van der Waals surface area contributed by atoms with Crippen LogP contribution in [0.2, 0.25) is 0 Å². The van der Waals surface area contributed by atoms with E-state index in [1.807, 2.05) is 39.6 Å². The van der Waals surface area contributed by atoms with Gasteiger partial charge in [0.15, 0.2) is 22.6 Å². The summed E-state index contributed by atoms with van der Waals surface area (Å²) >= 11 is 1.60. The molecule has 184 valence electrons. The zero-order chi connectivity index (χ0) is 24.4. The molecule has 4 aromatic rings. The van der Waals surface area contributed by atoms with Gasteiger partial charge in [-0.1, -0.05) is 6.07 Å². The molecule has 5 rings (SSSR count). The second-order valence-electron chi connectivity index (χ2n) is 9.65. The Morgan fingerprint density at radius 2 is 2.03 bits per heavy atom. The van der Waals surface area contributed by atoms with E-state index in [0.29, 0.717) is 24.3 Å². The van der Waals surface area contributed by atoms with E-state index in [1.165, 1.54) is 12.8 Å². The van der Waals surface area contributed by atoms with Crippen LogP contribution in [0.5, 0.6) is 17.2 Å². The molecule has 1 aromatic carbocycles. The third-order valence-corrected chi connectivity index (χ3v) is 7.09. The van der Waals surface area contributed by atoms with Gasteiger partial charge in [0, 0.05) is 5.38 Å². The predicted molar refractivity (Wildman–Crippen MR) is 136 cm³/mol. The molecule has 0 atom stereocenters. The van der Waals surface area contributed by atoms with E-state index in [0.717, 1.165) is 41.5 Å². The summed E-state index contributed by atoms with van der Waals surface area (Å²) in [6.07, 6.45) is 6.50. The average molecular weight is 494 g/mol. The van der Waals surface area contributed by atoms with Crippen LogP contribution in [0.1, 0.15) is 50.9 Å². The predicted octanol–water partition coefficient (Wildman–Crippen LogP) is 5.04. The molecular formula is C26H31N5O3S. The van der Waals surface area contributed by atoms with Gasteiger partial charge in [0.05, 0.1) is 31.5 Å². The summed E-state index contributed by atoms with van der Waals surface area (Å²) in [5, 5.41) is 12.3. The van der Waals surface area contributed by atoms with Crippen LogP contribution in [0.15, 0.2) is 41.4 Å². The van der Waals surface area contributed by atoms with E-state index >= 15 is 0 Å². The minimum atomic E-state index is -0.381. The number of aromatic amines is 1. The standard InChI is InChI=1S/C26H31N5O3S/c1-26(2,15-33-19-10-11-35-14-19)25-29-22-23(27)28-16-31(24(22)30-25)13-17-8-9-20(32-3)21(12-17)34-18-6-4-5-7-18/h8-12,14,16,18,27H,4-7,13,15H2,1-3H3,(H,29,30). The number of hydrogen-bond donors (Lipinski definition) is 2. The third-order valence-electron chi connectivity index (χ3n) is 6.43. The highest BCUT2D eigenvalue weighted by Gasteiger charge is 2.27. The summed E-state index contributed by atoms with van der Waals surface area (Å²) in [6, 6.07) is 7.97. The monoisotopic (exact) mass is 493 g/mol. The van der Waals surface area contributed by atoms with Gasteiger partial charge in [-0.25, -0.2) is 9.97 Å². The molecule has 2 N–H and O–H groups in total. The third kappa shape index (κ3) is 5.05. The van der Waals surface area contributed by atoms with Crippen LogP contribution in [0.25, 0.3) is 11.2 Å². The Labute approximate surface area is 208 Å². The number of thiophene rings is 1. The summed E-state index contributed by atoms with van der Waals surface area (Å²) in [5.74, 6) is 3.13. The zero-order valence-electron chi connectivity index (χ0n) is 20.3. The Morgan fingerprint density at radius 3 is 2.77 bits per heavy atom. The minimum absolute atomic E-state index is 0.171. The maximum atomic E-state index is 8.32. The lowest BCUT2D eigenvalue weighted by atomic mass is 9.94. The van der Waals surface area contributed by atoms with Crippen LogP contribution in [0.3, 0.4) is 0 Å². The van der Waals surface area contributed by atoms with Crippen molar-refractivity contribution in [2.75, 3.05) is 13.7 Å². The Balaban J connectivity index is 1.42. The highest BCUT2D eigenvalue weighted by molar-refractivity contribution is 7.08. The molecule has 1 aliphatic carbocycles. The summed E-state index contributed by atoms with van der Waals surface area (Å²) in [6.45, 7) is 5.17. The number of nitrogens with one attached hydrogen (secondary N) is 2. The van der Waals surface area contributed by atoms with E-state index in [2.05, 4.69) is 23.8 Å². The normalized spacial score (nSPS) is 14.5. The molecule has 8 nitrogen and oxygen atoms in total. The number of H-pyrrole nitrogens is 1. The fourth-order valence-corrected chi connectivity index (χ4v) is 4.95. The molecule has 1 saturated carbocycles. The fraction of sp³-hybridized carbons (Fsp3) is 0.423. The molecule has 9 heteroatoms. The highest BCUT2D eigenvalue weighted by Crippen LogP contribution is 2.33. The van der Waals surface area contributed by atoms with Crippen molar-refractivity contribution in [2.24, 2.45) is 0 Å². The van der Waals surface area contributed by atoms with Crippen molar-refractivity contribution >= 4 is 22.5 Å². The van der Waals surface area contributed by atoms with Gasteiger partial charge in [0.25, 0.3) is 0 Å². The summed E-state index contributed by atoms with van der Waals surface area (Å²) < 4.78 is 19.7. The molecule has 0 amide bonds. The number of ether oxygens (including phenoxy) is 3. The maximum Gasteiger partial charge on any atom is 0.173 e. The van der Waals surface area contributed by atoms with Gasteiger partial charge < -0.3 is 23.8 Å². The average Bonchev–Trinajstić information content (AvgIpc) is 3.62. The topological polar surface area (TPSA) is 98.0 Å². The fourth-order valence-electron chi connectivity index (χ4n) is 4.38. The van der Waals surface area contributed by atoms with Crippen molar-refractivity contribution in [2.45, 2.75) is 57.6 Å². The van der Waals surface area contributed by atoms with E-state index in [-0.39, 0.29) is 17.0 Å². The SMILES string of the molecule is COc1ccc(Cn2cnc(=N)c3[nH]c(C(C)(C)COc4ccsc4)nc32)cc1OC1CCCC1. The first-order valence-electron chi connectivity index (χ1n) is 11.9. The first-order chi connectivity index (χ1) is 16.9. The van der Waals surface area contributed by atoms with Gasteiger partial charge in [-0.2, -0.15) is 0 Å². The number of fused-ring (bicyclic) bond motifs is 1. The number of methoxy groups -OCH3 is 1. The van der Waals surface area contributed by atoms with Crippen molar-refractivity contribution in [3.63, 3.8) is 0 Å². The Morgan fingerprint density at radius 1 is 1.20 bits per heavy atom. The second kappa shape index (κ2) is 9.73. The van der Waals surface area contributed by atoms with Gasteiger partial charge in [0.2, 0.25) is 0 Å². The smallest absolute Gasteiger partial charge is 0.173 e. The zero-order valence-corrected chi connectivity index (χ0v) is 21.2. The number of hydrogen-bond acceptors (Lipinski definition) is 7. The Kier molecular flexibility index (Phi) is 6.51. The van der Waals surface area contributed by atoms with Crippen molar-refractivity contribution in [1.29, 1.82) is 5.41 Å². The Bertz CT molecular complexity index is 1350. The summed E-state index contributed by atoms with van der Waals surface area (Å²) in [5.41, 5.74) is 2.15. The maximum absolute atomic E-state index is 8.32. The second-order valence-corrected chi connectivity index (χ2v) is 10.4. The molecule has 1 fully saturated rings. The van der Waals surface area contributed by atoms with Crippen LogP contribution >= 0.6 is 11.3 Å². The molecule has 3 heterocycles. The van der Waals surface area contributed by atoms with Crippen molar-refractivity contribution in [1.82, 2.24) is 19.5 Å². The van der Waals surface area contributed by atoms with E-state index < -0.39 is 0 Å². The van der Waals surface area contributed by atoms with Crippen molar-refractivity contribution < 1.29 is 14.2 Å². The number of nitrogens with zero attached hydrogens (tertiary/aromatic N) is 3.